The maximum Gasteiger partial charge on any atom is 0.317 e. The number of amides is 3. The summed E-state index contributed by atoms with van der Waals surface area (Å²) in [6.45, 7) is 3.63. The predicted octanol–water partition coefficient (Wildman–Crippen LogP) is 4.08. The van der Waals surface area contributed by atoms with Crippen molar-refractivity contribution in [3.05, 3.63) is 64.7 Å². The van der Waals surface area contributed by atoms with Crippen LogP contribution in [0.3, 0.4) is 0 Å². The standard InChI is InChI=1S/C23H27ClN4O3/c1-15(2)25-23(30)27(3)14-22(29)28-21(18-10-5-6-11-19(18)24)13-20(26-28)16-8-7-9-17(12-16)31-4/h5-12,15,21H,13-14H2,1-4H3,(H,25,30)/t21-/m0/s1. The highest BCUT2D eigenvalue weighted by Crippen LogP contribution is 2.36. The fourth-order valence-electron chi connectivity index (χ4n) is 3.41. The fraction of sp³-hybridized carbons (Fsp3) is 0.348. The molecule has 1 heterocycles. The first-order chi connectivity index (χ1) is 14.8. The van der Waals surface area contributed by atoms with Gasteiger partial charge in [0.05, 0.1) is 18.9 Å². The molecule has 1 N–H and O–H groups in total. The van der Waals surface area contributed by atoms with Crippen LogP contribution in [0.25, 0.3) is 0 Å². The highest BCUT2D eigenvalue weighted by Gasteiger charge is 2.35. The molecule has 2 aromatic rings. The first-order valence-electron chi connectivity index (χ1n) is 10.1. The van der Waals surface area contributed by atoms with Crippen LogP contribution in [0.4, 0.5) is 4.79 Å². The summed E-state index contributed by atoms with van der Waals surface area (Å²) in [5, 5.41) is 9.42. The van der Waals surface area contributed by atoms with E-state index >= 15 is 0 Å². The Labute approximate surface area is 187 Å². The number of rotatable bonds is 6. The molecule has 164 valence electrons. The fourth-order valence-corrected chi connectivity index (χ4v) is 3.67. The number of nitrogens with one attached hydrogen (secondary N) is 1. The Hall–Kier alpha value is -3.06. The zero-order chi connectivity index (χ0) is 22.5. The van der Waals surface area contributed by atoms with E-state index in [1.165, 1.54) is 9.91 Å². The van der Waals surface area contributed by atoms with E-state index in [1.54, 1.807) is 20.2 Å². The van der Waals surface area contributed by atoms with Gasteiger partial charge in [0.15, 0.2) is 0 Å². The zero-order valence-electron chi connectivity index (χ0n) is 18.1. The topological polar surface area (TPSA) is 74.2 Å². The smallest absolute Gasteiger partial charge is 0.317 e. The molecule has 0 saturated carbocycles. The number of carbonyl (C=O) groups excluding carboxylic acids is 2. The van der Waals surface area contributed by atoms with Crippen LogP contribution < -0.4 is 10.1 Å². The first-order valence-corrected chi connectivity index (χ1v) is 10.5. The third-order valence-corrected chi connectivity index (χ3v) is 5.31. The van der Waals surface area contributed by atoms with E-state index in [0.29, 0.717) is 17.2 Å². The Kier molecular flexibility index (Phi) is 7.17. The van der Waals surface area contributed by atoms with Crippen LogP contribution in [-0.4, -0.2) is 54.3 Å². The number of ether oxygens (including phenoxy) is 1. The van der Waals surface area contributed by atoms with Gasteiger partial charge in [-0.05, 0) is 37.6 Å². The van der Waals surface area contributed by atoms with Crippen molar-refractivity contribution in [1.82, 2.24) is 15.2 Å². The van der Waals surface area contributed by atoms with Gasteiger partial charge in [-0.25, -0.2) is 9.80 Å². The quantitative estimate of drug-likeness (QED) is 0.732. The molecule has 31 heavy (non-hydrogen) atoms. The van der Waals surface area contributed by atoms with Crippen LogP contribution >= 0.6 is 11.6 Å². The van der Waals surface area contributed by atoms with Gasteiger partial charge in [-0.1, -0.05) is 41.9 Å². The summed E-state index contributed by atoms with van der Waals surface area (Å²) in [6, 6.07) is 14.3. The molecule has 0 unspecified atom stereocenters. The first kappa shape index (κ1) is 22.6. The minimum Gasteiger partial charge on any atom is -0.497 e. The molecule has 3 amide bonds. The Morgan fingerprint density at radius 3 is 2.68 bits per heavy atom. The number of urea groups is 1. The van der Waals surface area contributed by atoms with Crippen LogP contribution in [0.15, 0.2) is 53.6 Å². The minimum atomic E-state index is -0.357. The largest absolute Gasteiger partial charge is 0.497 e. The molecule has 2 aromatic carbocycles. The number of hydrogen-bond donors (Lipinski definition) is 1. The van der Waals surface area contributed by atoms with Gasteiger partial charge in [-0.15, -0.1) is 0 Å². The van der Waals surface area contributed by atoms with Crippen molar-refractivity contribution >= 4 is 29.3 Å². The molecule has 0 spiro atoms. The second kappa shape index (κ2) is 9.83. The summed E-state index contributed by atoms with van der Waals surface area (Å²) >= 11 is 6.45. The molecule has 0 fully saturated rings. The highest BCUT2D eigenvalue weighted by molar-refractivity contribution is 6.31. The lowest BCUT2D eigenvalue weighted by molar-refractivity contribution is -0.133. The normalized spacial score (nSPS) is 15.6. The average Bonchev–Trinajstić information content (AvgIpc) is 3.19. The second-order valence-electron chi connectivity index (χ2n) is 7.72. The van der Waals surface area contributed by atoms with E-state index in [2.05, 4.69) is 10.4 Å². The van der Waals surface area contributed by atoms with Crippen LogP contribution in [0, 0.1) is 0 Å². The van der Waals surface area contributed by atoms with Gasteiger partial charge < -0.3 is 15.0 Å². The molecular weight excluding hydrogens is 416 g/mol. The van der Waals surface area contributed by atoms with Crippen LogP contribution in [0.1, 0.15) is 37.4 Å². The molecule has 0 bridgehead atoms. The zero-order valence-corrected chi connectivity index (χ0v) is 18.9. The third kappa shape index (κ3) is 5.35. The maximum absolute atomic E-state index is 13.2. The molecule has 0 radical (unpaired) electrons. The van der Waals surface area contributed by atoms with Crippen LogP contribution in [0.5, 0.6) is 5.75 Å². The lowest BCUT2D eigenvalue weighted by Crippen LogP contribution is -2.45. The van der Waals surface area contributed by atoms with Crippen molar-refractivity contribution in [1.29, 1.82) is 0 Å². The van der Waals surface area contributed by atoms with Crippen molar-refractivity contribution in [2.24, 2.45) is 5.10 Å². The number of methoxy groups -OCH3 is 1. The lowest BCUT2D eigenvalue weighted by atomic mass is 9.98. The highest BCUT2D eigenvalue weighted by atomic mass is 35.5. The predicted molar refractivity (Wildman–Crippen MR) is 121 cm³/mol. The summed E-state index contributed by atoms with van der Waals surface area (Å²) in [5.74, 6) is 0.425. The van der Waals surface area contributed by atoms with Gasteiger partial charge >= 0.3 is 6.03 Å². The molecular formula is C23H27ClN4O3. The van der Waals surface area contributed by atoms with Crippen molar-refractivity contribution in [3.63, 3.8) is 0 Å². The number of hydrazone groups is 1. The SMILES string of the molecule is COc1cccc(C2=NN(C(=O)CN(C)C(=O)NC(C)C)[C@H](c3ccccc3Cl)C2)c1. The van der Waals surface area contributed by atoms with Crippen molar-refractivity contribution in [3.8, 4) is 5.75 Å². The van der Waals surface area contributed by atoms with Crippen LogP contribution in [0.2, 0.25) is 5.02 Å². The van der Waals surface area contributed by atoms with E-state index in [0.717, 1.165) is 16.8 Å². The number of halogens is 1. The van der Waals surface area contributed by atoms with Gasteiger partial charge in [-0.2, -0.15) is 5.10 Å². The third-order valence-electron chi connectivity index (χ3n) is 4.96. The Morgan fingerprint density at radius 1 is 1.26 bits per heavy atom. The Bertz CT molecular complexity index is 992. The van der Waals surface area contributed by atoms with Crippen LogP contribution in [-0.2, 0) is 4.79 Å². The maximum atomic E-state index is 13.2. The lowest BCUT2D eigenvalue weighted by Gasteiger charge is -2.26. The summed E-state index contributed by atoms with van der Waals surface area (Å²) in [4.78, 5) is 26.8. The Morgan fingerprint density at radius 2 is 2.00 bits per heavy atom. The van der Waals surface area contributed by atoms with Gasteiger partial charge in [0.2, 0.25) is 0 Å². The number of nitrogens with zero attached hydrogens (tertiary/aromatic N) is 3. The molecule has 1 aliphatic heterocycles. The van der Waals surface area contributed by atoms with Gasteiger partial charge in [-0.3, -0.25) is 4.79 Å². The van der Waals surface area contributed by atoms with Gasteiger partial charge in [0.25, 0.3) is 5.91 Å². The second-order valence-corrected chi connectivity index (χ2v) is 8.13. The molecule has 0 aromatic heterocycles. The number of hydrogen-bond acceptors (Lipinski definition) is 4. The Balaban J connectivity index is 1.89. The number of carbonyl (C=O) groups is 2. The molecule has 1 aliphatic rings. The molecule has 3 rings (SSSR count). The van der Waals surface area contributed by atoms with Gasteiger partial charge in [0.1, 0.15) is 12.3 Å². The van der Waals surface area contributed by atoms with E-state index in [-0.39, 0.29) is 30.6 Å². The molecule has 0 saturated heterocycles. The summed E-state index contributed by atoms with van der Waals surface area (Å²) in [6.07, 6.45) is 0.505. The average molecular weight is 443 g/mol. The molecule has 1 atom stereocenters. The molecule has 7 nitrogen and oxygen atoms in total. The van der Waals surface area contributed by atoms with E-state index in [9.17, 15) is 9.59 Å². The summed E-state index contributed by atoms with van der Waals surface area (Å²) in [5.41, 5.74) is 2.44. The van der Waals surface area contributed by atoms with E-state index < -0.39 is 0 Å². The monoisotopic (exact) mass is 442 g/mol. The van der Waals surface area contributed by atoms with Crippen molar-refractivity contribution < 1.29 is 14.3 Å². The van der Waals surface area contributed by atoms with E-state index in [1.807, 2.05) is 56.3 Å². The summed E-state index contributed by atoms with van der Waals surface area (Å²) in [7, 11) is 3.19. The summed E-state index contributed by atoms with van der Waals surface area (Å²) < 4.78 is 5.32. The number of likely N-dealkylation sites (N-methyl/N-ethyl adjacent to an activating group) is 1. The minimum absolute atomic E-state index is 0.0228. The van der Waals surface area contributed by atoms with Gasteiger partial charge in [0, 0.05) is 30.1 Å². The van der Waals surface area contributed by atoms with E-state index in [4.69, 9.17) is 16.3 Å². The molecule has 8 heteroatoms. The van der Waals surface area contributed by atoms with Crippen molar-refractivity contribution in [2.45, 2.75) is 32.4 Å². The van der Waals surface area contributed by atoms with Crippen molar-refractivity contribution in [2.75, 3.05) is 20.7 Å². The molecule has 0 aliphatic carbocycles. The number of benzene rings is 2.